The van der Waals surface area contributed by atoms with Crippen molar-refractivity contribution >= 4 is 34.1 Å². The molecule has 2 rings (SSSR count). The predicted molar refractivity (Wildman–Crippen MR) is 58.4 cm³/mol. The topological polar surface area (TPSA) is 23.8 Å². The van der Waals surface area contributed by atoms with Crippen LogP contribution in [0.15, 0.2) is 22.4 Å². The van der Waals surface area contributed by atoms with Crippen molar-refractivity contribution in [1.82, 2.24) is 0 Å². The minimum atomic E-state index is -0.274. The molecule has 0 fully saturated rings. The Hall–Kier alpha value is -1.05. The van der Waals surface area contributed by atoms with E-state index in [1.54, 1.807) is 6.07 Å². The van der Waals surface area contributed by atoms with Crippen molar-refractivity contribution in [1.29, 1.82) is 5.26 Å². The highest BCUT2D eigenvalue weighted by atomic mass is 32.1. The van der Waals surface area contributed by atoms with Crippen LogP contribution in [0, 0.1) is 17.1 Å². The molecule has 0 saturated heterocycles. The van der Waals surface area contributed by atoms with Gasteiger partial charge in [-0.2, -0.15) is 5.26 Å². The molecule has 0 unspecified atom stereocenters. The average molecular weight is 223 g/mol. The lowest BCUT2D eigenvalue weighted by Gasteiger charge is -2.02. The normalized spacial score (nSPS) is 10.4. The average Bonchev–Trinajstić information content (AvgIpc) is 2.63. The van der Waals surface area contributed by atoms with E-state index in [1.807, 2.05) is 11.4 Å². The standard InChI is InChI=1S/C10H6FNS2/c11-8-5-6(1-3-12)9(13)10-7(8)2-4-14-10/h2,4-5,13H,1H2. The van der Waals surface area contributed by atoms with E-state index in [0.29, 0.717) is 10.9 Å². The van der Waals surface area contributed by atoms with Crippen LogP contribution in [0.25, 0.3) is 10.1 Å². The molecule has 0 spiro atoms. The lowest BCUT2D eigenvalue weighted by Crippen LogP contribution is -1.87. The Morgan fingerprint density at radius 2 is 2.36 bits per heavy atom. The lowest BCUT2D eigenvalue weighted by molar-refractivity contribution is 0.637. The summed E-state index contributed by atoms with van der Waals surface area (Å²) in [6.07, 6.45) is 0.198. The summed E-state index contributed by atoms with van der Waals surface area (Å²) in [5.41, 5.74) is 0.656. The fourth-order valence-corrected chi connectivity index (χ4v) is 2.64. The molecule has 1 nitrogen and oxygen atoms in total. The third-order valence-electron chi connectivity index (χ3n) is 2.01. The monoisotopic (exact) mass is 223 g/mol. The van der Waals surface area contributed by atoms with Gasteiger partial charge in [-0.1, -0.05) is 0 Å². The van der Waals surface area contributed by atoms with E-state index in [4.69, 9.17) is 5.26 Å². The molecule has 0 amide bonds. The Morgan fingerprint density at radius 3 is 3.07 bits per heavy atom. The van der Waals surface area contributed by atoms with E-state index in [9.17, 15) is 4.39 Å². The zero-order valence-corrected chi connectivity index (χ0v) is 8.83. The highest BCUT2D eigenvalue weighted by molar-refractivity contribution is 7.80. The second-order valence-electron chi connectivity index (χ2n) is 2.86. The Labute approximate surface area is 90.2 Å². The maximum Gasteiger partial charge on any atom is 0.132 e. The van der Waals surface area contributed by atoms with Gasteiger partial charge in [0.15, 0.2) is 0 Å². The van der Waals surface area contributed by atoms with Crippen molar-refractivity contribution in [3.8, 4) is 6.07 Å². The molecule has 2 aromatic rings. The van der Waals surface area contributed by atoms with Crippen molar-refractivity contribution in [2.24, 2.45) is 0 Å². The first kappa shape index (κ1) is 9.50. The van der Waals surface area contributed by atoms with Crippen LogP contribution in [0.3, 0.4) is 0 Å². The molecular weight excluding hydrogens is 217 g/mol. The van der Waals surface area contributed by atoms with E-state index in [0.717, 1.165) is 9.60 Å². The van der Waals surface area contributed by atoms with Crippen molar-refractivity contribution < 1.29 is 4.39 Å². The summed E-state index contributed by atoms with van der Waals surface area (Å²) in [5.74, 6) is -0.274. The number of halogens is 1. The van der Waals surface area contributed by atoms with Crippen LogP contribution < -0.4 is 0 Å². The number of benzene rings is 1. The summed E-state index contributed by atoms with van der Waals surface area (Å²) in [6, 6.07) is 5.11. The first-order chi connectivity index (χ1) is 6.74. The van der Waals surface area contributed by atoms with Crippen LogP contribution in [0.1, 0.15) is 5.56 Å². The maximum absolute atomic E-state index is 13.4. The van der Waals surface area contributed by atoms with Crippen LogP contribution in [0.2, 0.25) is 0 Å². The van der Waals surface area contributed by atoms with E-state index < -0.39 is 0 Å². The molecule has 0 bridgehead atoms. The van der Waals surface area contributed by atoms with Gasteiger partial charge in [0.25, 0.3) is 0 Å². The number of rotatable bonds is 1. The van der Waals surface area contributed by atoms with Crippen molar-refractivity contribution in [3.05, 3.63) is 28.9 Å². The smallest absolute Gasteiger partial charge is 0.132 e. The highest BCUT2D eigenvalue weighted by Crippen LogP contribution is 2.32. The largest absolute Gasteiger partial charge is 0.206 e. The lowest BCUT2D eigenvalue weighted by atomic mass is 10.1. The zero-order chi connectivity index (χ0) is 10.1. The number of nitriles is 1. The molecule has 14 heavy (non-hydrogen) atoms. The van der Waals surface area contributed by atoms with Gasteiger partial charge < -0.3 is 0 Å². The first-order valence-electron chi connectivity index (χ1n) is 3.98. The minimum Gasteiger partial charge on any atom is -0.206 e. The molecular formula is C10H6FNS2. The number of thiophene rings is 1. The SMILES string of the molecule is N#CCc1cc(F)c2ccsc2c1S. The van der Waals surface area contributed by atoms with Crippen LogP contribution in [-0.2, 0) is 6.42 Å². The van der Waals surface area contributed by atoms with Crippen molar-refractivity contribution in [2.45, 2.75) is 11.3 Å². The third-order valence-corrected chi connectivity index (χ3v) is 3.61. The molecule has 4 heteroatoms. The molecule has 0 N–H and O–H groups in total. The second kappa shape index (κ2) is 3.60. The predicted octanol–water partition coefficient (Wildman–Crippen LogP) is 3.40. The number of fused-ring (bicyclic) bond motifs is 1. The first-order valence-corrected chi connectivity index (χ1v) is 5.31. The van der Waals surface area contributed by atoms with E-state index >= 15 is 0 Å². The van der Waals surface area contributed by atoms with E-state index in [2.05, 4.69) is 12.6 Å². The van der Waals surface area contributed by atoms with E-state index in [-0.39, 0.29) is 12.2 Å². The molecule has 70 valence electrons. The molecule has 0 radical (unpaired) electrons. The highest BCUT2D eigenvalue weighted by Gasteiger charge is 2.10. The Balaban J connectivity index is 2.76. The molecule has 0 saturated carbocycles. The summed E-state index contributed by atoms with van der Waals surface area (Å²) < 4.78 is 14.3. The molecule has 0 atom stereocenters. The molecule has 0 aliphatic carbocycles. The van der Waals surface area contributed by atoms with Gasteiger partial charge in [-0.3, -0.25) is 0 Å². The molecule has 1 heterocycles. The molecule has 0 aliphatic heterocycles. The fourth-order valence-electron chi connectivity index (χ4n) is 1.35. The van der Waals surface area contributed by atoms with Gasteiger partial charge in [-0.25, -0.2) is 4.39 Å². The van der Waals surface area contributed by atoms with Gasteiger partial charge in [-0.15, -0.1) is 24.0 Å². The van der Waals surface area contributed by atoms with Crippen LogP contribution in [0.5, 0.6) is 0 Å². The van der Waals surface area contributed by atoms with Crippen LogP contribution >= 0.6 is 24.0 Å². The number of nitrogens with zero attached hydrogens (tertiary/aromatic N) is 1. The molecule has 1 aromatic carbocycles. The van der Waals surface area contributed by atoms with Crippen molar-refractivity contribution in [2.75, 3.05) is 0 Å². The summed E-state index contributed by atoms with van der Waals surface area (Å²) in [5, 5.41) is 11.0. The Kier molecular flexibility index (Phi) is 2.44. The second-order valence-corrected chi connectivity index (χ2v) is 4.23. The molecule has 1 aromatic heterocycles. The fraction of sp³-hybridized carbons (Fsp3) is 0.100. The van der Waals surface area contributed by atoms with Gasteiger partial charge in [0.1, 0.15) is 5.82 Å². The summed E-state index contributed by atoms with van der Waals surface area (Å²) in [6.45, 7) is 0. The summed E-state index contributed by atoms with van der Waals surface area (Å²) in [4.78, 5) is 0.720. The number of thiol groups is 1. The van der Waals surface area contributed by atoms with E-state index in [1.165, 1.54) is 17.4 Å². The van der Waals surface area contributed by atoms with Gasteiger partial charge in [0, 0.05) is 10.3 Å². The zero-order valence-electron chi connectivity index (χ0n) is 7.12. The number of hydrogen-bond donors (Lipinski definition) is 1. The third kappa shape index (κ3) is 1.39. The molecule has 0 aliphatic rings. The minimum absolute atomic E-state index is 0.198. The van der Waals surface area contributed by atoms with Crippen molar-refractivity contribution in [3.63, 3.8) is 0 Å². The van der Waals surface area contributed by atoms with Crippen LogP contribution in [0.4, 0.5) is 4.39 Å². The Morgan fingerprint density at radius 1 is 1.57 bits per heavy atom. The maximum atomic E-state index is 13.4. The van der Waals surface area contributed by atoms with Gasteiger partial charge >= 0.3 is 0 Å². The Bertz CT molecular complexity index is 525. The van der Waals surface area contributed by atoms with Gasteiger partial charge in [-0.05, 0) is 23.1 Å². The van der Waals surface area contributed by atoms with Crippen LogP contribution in [-0.4, -0.2) is 0 Å². The summed E-state index contributed by atoms with van der Waals surface area (Å²) >= 11 is 5.75. The quantitative estimate of drug-likeness (QED) is 0.736. The number of hydrogen-bond acceptors (Lipinski definition) is 3. The van der Waals surface area contributed by atoms with Gasteiger partial charge in [0.2, 0.25) is 0 Å². The summed E-state index contributed by atoms with van der Waals surface area (Å²) in [7, 11) is 0. The van der Waals surface area contributed by atoms with Gasteiger partial charge in [0.05, 0.1) is 17.2 Å².